The van der Waals surface area contributed by atoms with Crippen LogP contribution in [0.3, 0.4) is 0 Å². The lowest BCUT2D eigenvalue weighted by Crippen LogP contribution is -2.35. The molecule has 0 saturated carbocycles. The highest BCUT2D eigenvalue weighted by Gasteiger charge is 2.25. The van der Waals surface area contributed by atoms with Crippen molar-refractivity contribution < 1.29 is 23.7 Å². The minimum atomic E-state index is -0.104. The molecule has 7 heteroatoms. The van der Waals surface area contributed by atoms with Crippen LogP contribution in [0.2, 0.25) is 0 Å². The summed E-state index contributed by atoms with van der Waals surface area (Å²) >= 11 is 0. The van der Waals surface area contributed by atoms with Gasteiger partial charge in [-0.25, -0.2) is 0 Å². The molecule has 7 nitrogen and oxygen atoms in total. The molecule has 1 N–H and O–H groups in total. The van der Waals surface area contributed by atoms with Crippen LogP contribution in [0.5, 0.6) is 17.2 Å². The lowest BCUT2D eigenvalue weighted by Gasteiger charge is -2.28. The van der Waals surface area contributed by atoms with E-state index in [0.717, 1.165) is 75.3 Å². The molecule has 3 rings (SSSR count). The van der Waals surface area contributed by atoms with E-state index >= 15 is 0 Å². The van der Waals surface area contributed by atoms with E-state index in [2.05, 4.69) is 56.1 Å². The number of ether oxygens (including phenoxy) is 4. The van der Waals surface area contributed by atoms with Crippen molar-refractivity contribution in [2.45, 2.75) is 77.7 Å². The number of carbonyl (C=O) groups excluding carboxylic acids is 1. The third-order valence-electron chi connectivity index (χ3n) is 7.44. The molecule has 1 heterocycles. The number of unbranched alkanes of at least 4 members (excludes halogenated alkanes) is 2. The Morgan fingerprint density at radius 3 is 2.26 bits per heavy atom. The molecular weight excluding hydrogens is 492 g/mol. The molecule has 0 spiro atoms. The first-order valence-corrected chi connectivity index (χ1v) is 14.2. The summed E-state index contributed by atoms with van der Waals surface area (Å²) in [6.07, 6.45) is 4.51. The van der Waals surface area contributed by atoms with Gasteiger partial charge in [0.2, 0.25) is 5.91 Å². The molecule has 2 aromatic carbocycles. The fourth-order valence-corrected chi connectivity index (χ4v) is 5.27. The van der Waals surface area contributed by atoms with Crippen molar-refractivity contribution in [1.29, 1.82) is 0 Å². The lowest BCUT2D eigenvalue weighted by molar-refractivity contribution is -0.116. The van der Waals surface area contributed by atoms with Crippen LogP contribution in [0.15, 0.2) is 30.3 Å². The highest BCUT2D eigenvalue weighted by Crippen LogP contribution is 2.41. The summed E-state index contributed by atoms with van der Waals surface area (Å²) in [5.41, 5.74) is 4.09. The summed E-state index contributed by atoms with van der Waals surface area (Å²) in [5.74, 6) is 1.95. The van der Waals surface area contributed by atoms with Gasteiger partial charge in [0.05, 0.1) is 34.5 Å². The normalized spacial score (nSPS) is 15.1. The average Bonchev–Trinajstić information content (AvgIpc) is 2.91. The third kappa shape index (κ3) is 8.61. The average molecular weight is 541 g/mol. The van der Waals surface area contributed by atoms with Gasteiger partial charge in [-0.2, -0.15) is 0 Å². The van der Waals surface area contributed by atoms with Gasteiger partial charge in [0, 0.05) is 43.4 Å². The van der Waals surface area contributed by atoms with E-state index in [1.54, 1.807) is 21.3 Å². The molecule has 0 radical (unpaired) electrons. The van der Waals surface area contributed by atoms with Gasteiger partial charge in [-0.3, -0.25) is 9.69 Å². The van der Waals surface area contributed by atoms with E-state index in [9.17, 15) is 4.79 Å². The summed E-state index contributed by atoms with van der Waals surface area (Å²) in [5, 5.41) is 3.30. The second-order valence-electron chi connectivity index (χ2n) is 11.4. The molecule has 1 fully saturated rings. The standard InChI is InChI=1S/C32H48N2O5/c1-8-9-10-11-24(25-20-29(37-6)30(38-7)21-28(25)36-5)19-31(35)33-27-18-23(12-13-26(27)32(2,3)4)22-34-14-16-39-17-15-34/h12-13,18,20-21,24H,8-11,14-17,19,22H2,1-7H3,(H,33,35). The predicted molar refractivity (Wildman–Crippen MR) is 157 cm³/mol. The lowest BCUT2D eigenvalue weighted by atomic mass is 9.84. The second-order valence-corrected chi connectivity index (χ2v) is 11.4. The van der Waals surface area contributed by atoms with Gasteiger partial charge >= 0.3 is 0 Å². The molecule has 39 heavy (non-hydrogen) atoms. The zero-order valence-electron chi connectivity index (χ0n) is 25.0. The molecule has 1 amide bonds. The molecule has 2 aromatic rings. The van der Waals surface area contributed by atoms with Crippen molar-refractivity contribution in [3.8, 4) is 17.2 Å². The molecule has 1 atom stereocenters. The number of benzene rings is 2. The number of anilines is 1. The van der Waals surface area contributed by atoms with Gasteiger partial charge in [0.25, 0.3) is 0 Å². The molecular formula is C32H48N2O5. The maximum Gasteiger partial charge on any atom is 0.224 e. The topological polar surface area (TPSA) is 69.3 Å². The van der Waals surface area contributed by atoms with Crippen LogP contribution in [0.25, 0.3) is 0 Å². The highest BCUT2D eigenvalue weighted by molar-refractivity contribution is 5.92. The van der Waals surface area contributed by atoms with E-state index in [4.69, 9.17) is 18.9 Å². The van der Waals surface area contributed by atoms with Crippen molar-refractivity contribution in [3.63, 3.8) is 0 Å². The van der Waals surface area contributed by atoms with Crippen LogP contribution in [-0.2, 0) is 21.5 Å². The van der Waals surface area contributed by atoms with Crippen molar-refractivity contribution in [3.05, 3.63) is 47.0 Å². The van der Waals surface area contributed by atoms with E-state index in [1.165, 1.54) is 5.56 Å². The van der Waals surface area contributed by atoms with Gasteiger partial charge in [0.15, 0.2) is 11.5 Å². The maximum atomic E-state index is 13.7. The first-order chi connectivity index (χ1) is 18.7. The fourth-order valence-electron chi connectivity index (χ4n) is 5.27. The number of hydrogen-bond acceptors (Lipinski definition) is 6. The first-order valence-electron chi connectivity index (χ1n) is 14.2. The molecule has 1 unspecified atom stereocenters. The van der Waals surface area contributed by atoms with Crippen LogP contribution in [0, 0.1) is 0 Å². The van der Waals surface area contributed by atoms with E-state index in [-0.39, 0.29) is 17.2 Å². The van der Waals surface area contributed by atoms with Crippen molar-refractivity contribution in [1.82, 2.24) is 4.90 Å². The number of hydrogen-bond donors (Lipinski definition) is 1. The zero-order valence-corrected chi connectivity index (χ0v) is 25.0. The number of rotatable bonds is 13. The van der Waals surface area contributed by atoms with Gasteiger partial charge in [-0.1, -0.05) is 59.1 Å². The van der Waals surface area contributed by atoms with Crippen LogP contribution < -0.4 is 19.5 Å². The Morgan fingerprint density at radius 2 is 1.64 bits per heavy atom. The molecule has 0 aliphatic carbocycles. The molecule has 216 valence electrons. The van der Waals surface area contributed by atoms with Crippen molar-refractivity contribution >= 4 is 11.6 Å². The number of amides is 1. The SMILES string of the molecule is CCCCCC(CC(=O)Nc1cc(CN2CCOCC2)ccc1C(C)(C)C)c1cc(OC)c(OC)cc1OC. The summed E-state index contributed by atoms with van der Waals surface area (Å²) in [7, 11) is 4.90. The monoisotopic (exact) mass is 540 g/mol. The summed E-state index contributed by atoms with van der Waals surface area (Å²) in [6, 6.07) is 10.3. The smallest absolute Gasteiger partial charge is 0.224 e. The van der Waals surface area contributed by atoms with Gasteiger partial charge < -0.3 is 24.3 Å². The number of methoxy groups -OCH3 is 3. The second kappa shape index (κ2) is 14.6. The van der Waals surface area contributed by atoms with E-state index < -0.39 is 0 Å². The Bertz CT molecular complexity index is 1070. The third-order valence-corrected chi connectivity index (χ3v) is 7.44. The minimum absolute atomic E-state index is 0.00218. The first kappa shape index (κ1) is 30.8. The highest BCUT2D eigenvalue weighted by atomic mass is 16.5. The summed E-state index contributed by atoms with van der Waals surface area (Å²) < 4.78 is 22.3. The Hall–Kier alpha value is -2.77. The molecule has 0 bridgehead atoms. The van der Waals surface area contributed by atoms with Crippen LogP contribution in [0.1, 0.15) is 82.4 Å². The molecule has 1 saturated heterocycles. The van der Waals surface area contributed by atoms with Crippen LogP contribution in [-0.4, -0.2) is 58.4 Å². The Labute approximate surface area is 235 Å². The molecule has 0 aromatic heterocycles. The number of nitrogens with zero attached hydrogens (tertiary/aromatic N) is 1. The van der Waals surface area contributed by atoms with Crippen molar-refractivity contribution in [2.75, 3.05) is 52.9 Å². The molecule has 1 aliphatic rings. The summed E-state index contributed by atoms with van der Waals surface area (Å²) in [4.78, 5) is 16.0. The fraction of sp³-hybridized carbons (Fsp3) is 0.594. The minimum Gasteiger partial charge on any atom is -0.496 e. The van der Waals surface area contributed by atoms with Crippen LogP contribution in [0.4, 0.5) is 5.69 Å². The molecule has 1 aliphatic heterocycles. The number of nitrogens with one attached hydrogen (secondary N) is 1. The Kier molecular flexibility index (Phi) is 11.5. The van der Waals surface area contributed by atoms with Gasteiger partial charge in [0.1, 0.15) is 5.75 Å². The van der Waals surface area contributed by atoms with Crippen LogP contribution >= 0.6 is 0 Å². The number of carbonyl (C=O) groups is 1. The Balaban J connectivity index is 1.88. The Morgan fingerprint density at radius 1 is 0.974 bits per heavy atom. The quantitative estimate of drug-likeness (QED) is 0.291. The van der Waals surface area contributed by atoms with Crippen molar-refractivity contribution in [2.24, 2.45) is 0 Å². The predicted octanol–water partition coefficient (Wildman–Crippen LogP) is 6.53. The zero-order chi connectivity index (χ0) is 28.4. The largest absolute Gasteiger partial charge is 0.496 e. The van der Waals surface area contributed by atoms with Gasteiger partial charge in [-0.15, -0.1) is 0 Å². The number of morpholine rings is 1. The van der Waals surface area contributed by atoms with E-state index in [1.807, 2.05) is 12.1 Å². The van der Waals surface area contributed by atoms with E-state index in [0.29, 0.717) is 23.7 Å². The van der Waals surface area contributed by atoms with Gasteiger partial charge in [-0.05, 0) is 41.0 Å². The summed E-state index contributed by atoms with van der Waals surface area (Å²) in [6.45, 7) is 13.0. The maximum absolute atomic E-state index is 13.7.